The fourth-order valence-corrected chi connectivity index (χ4v) is 1.56. The van der Waals surface area contributed by atoms with Crippen LogP contribution in [0.15, 0.2) is 18.2 Å². The van der Waals surface area contributed by atoms with Crippen LogP contribution in [0, 0.1) is 11.3 Å². The van der Waals surface area contributed by atoms with Crippen LogP contribution in [0.25, 0.3) is 5.57 Å². The first-order valence-corrected chi connectivity index (χ1v) is 5.29. The maximum absolute atomic E-state index is 10.9. The minimum atomic E-state index is -0.703. The van der Waals surface area contributed by atoms with Gasteiger partial charge in [0.2, 0.25) is 11.7 Å². The molecule has 0 aliphatic rings. The highest BCUT2D eigenvalue weighted by molar-refractivity contribution is 5.97. The van der Waals surface area contributed by atoms with E-state index in [2.05, 4.69) is 0 Å². The highest BCUT2D eigenvalue weighted by Gasteiger charge is 2.15. The fourth-order valence-electron chi connectivity index (χ4n) is 1.56. The number of carbonyl (C=O) groups is 1. The van der Waals surface area contributed by atoms with Gasteiger partial charge in [0.1, 0.15) is 0 Å². The van der Waals surface area contributed by atoms with Crippen LogP contribution in [0.2, 0.25) is 0 Å². The molecule has 0 bridgehead atoms. The van der Waals surface area contributed by atoms with Gasteiger partial charge in [-0.05, 0) is 12.1 Å². The molecule has 0 fully saturated rings. The van der Waals surface area contributed by atoms with Crippen molar-refractivity contribution in [2.24, 2.45) is 5.73 Å². The van der Waals surface area contributed by atoms with Crippen LogP contribution in [0.1, 0.15) is 5.56 Å². The van der Waals surface area contributed by atoms with Gasteiger partial charge in [0.05, 0.1) is 33.0 Å². The van der Waals surface area contributed by atoms with E-state index in [1.54, 1.807) is 12.1 Å². The Morgan fingerprint density at radius 1 is 1.21 bits per heavy atom. The highest BCUT2D eigenvalue weighted by atomic mass is 16.5. The third-order valence-electron chi connectivity index (χ3n) is 2.38. The lowest BCUT2D eigenvalue weighted by atomic mass is 10.1. The molecule has 1 aromatic rings. The number of nitrogens with two attached hydrogens (primary N) is 1. The number of nitrogens with zero attached hydrogens (tertiary/aromatic N) is 1. The molecule has 0 heterocycles. The van der Waals surface area contributed by atoms with Crippen molar-refractivity contribution in [2.75, 3.05) is 21.3 Å². The minimum Gasteiger partial charge on any atom is -0.493 e. The number of hydrogen-bond donors (Lipinski definition) is 1. The van der Waals surface area contributed by atoms with E-state index in [-0.39, 0.29) is 5.57 Å². The summed E-state index contributed by atoms with van der Waals surface area (Å²) in [6.07, 6.45) is 1.04. The molecule has 0 saturated carbocycles. The summed E-state index contributed by atoms with van der Waals surface area (Å²) in [5, 5.41) is 9.04. The average Bonchev–Trinajstić information content (AvgIpc) is 2.42. The van der Waals surface area contributed by atoms with Crippen molar-refractivity contribution in [1.29, 1.82) is 5.26 Å². The van der Waals surface area contributed by atoms with Gasteiger partial charge < -0.3 is 19.9 Å². The van der Waals surface area contributed by atoms with Crippen LogP contribution in [0.4, 0.5) is 0 Å². The van der Waals surface area contributed by atoms with E-state index in [9.17, 15) is 4.79 Å². The van der Waals surface area contributed by atoms with Crippen LogP contribution in [-0.4, -0.2) is 27.2 Å². The second kappa shape index (κ2) is 6.31. The molecule has 0 saturated heterocycles. The number of benzene rings is 1. The van der Waals surface area contributed by atoms with Crippen molar-refractivity contribution in [3.63, 3.8) is 0 Å². The summed E-state index contributed by atoms with van der Waals surface area (Å²) < 4.78 is 15.5. The Kier molecular flexibility index (Phi) is 4.77. The van der Waals surface area contributed by atoms with E-state index in [4.69, 9.17) is 25.2 Å². The first-order valence-electron chi connectivity index (χ1n) is 5.29. The molecule has 6 nitrogen and oxygen atoms in total. The Labute approximate surface area is 111 Å². The molecule has 0 radical (unpaired) electrons. The predicted octanol–water partition coefficient (Wildman–Crippen LogP) is 1.10. The molecule has 0 atom stereocenters. The van der Waals surface area contributed by atoms with E-state index >= 15 is 0 Å². The zero-order valence-electron chi connectivity index (χ0n) is 10.9. The number of carbonyl (C=O) groups excluding carboxylic acids is 1. The quantitative estimate of drug-likeness (QED) is 0.633. The number of ether oxygens (including phenoxy) is 3. The maximum Gasteiger partial charge on any atom is 0.242 e. The number of nitriles is 1. The third kappa shape index (κ3) is 3.16. The van der Waals surface area contributed by atoms with Crippen LogP contribution >= 0.6 is 0 Å². The molecule has 0 aliphatic heterocycles. The molecule has 100 valence electrons. The van der Waals surface area contributed by atoms with Crippen molar-refractivity contribution in [3.8, 4) is 23.3 Å². The first-order chi connectivity index (χ1) is 9.07. The van der Waals surface area contributed by atoms with E-state index in [0.29, 0.717) is 22.8 Å². The van der Waals surface area contributed by atoms with Gasteiger partial charge in [0, 0.05) is 11.6 Å². The molecule has 0 unspecified atom stereocenters. The minimum absolute atomic E-state index is 0.117. The Morgan fingerprint density at radius 2 is 1.74 bits per heavy atom. The van der Waals surface area contributed by atoms with Gasteiger partial charge in [-0.3, -0.25) is 4.79 Å². The molecular formula is C13H14N2O4. The van der Waals surface area contributed by atoms with Crippen molar-refractivity contribution < 1.29 is 19.0 Å². The first kappa shape index (κ1) is 14.4. The van der Waals surface area contributed by atoms with Gasteiger partial charge in [0.25, 0.3) is 0 Å². The van der Waals surface area contributed by atoms with E-state index in [1.165, 1.54) is 21.3 Å². The summed E-state index contributed by atoms with van der Waals surface area (Å²) in [6.45, 7) is 0. The highest BCUT2D eigenvalue weighted by Crippen LogP contribution is 2.39. The zero-order valence-corrected chi connectivity index (χ0v) is 10.9. The molecule has 1 amide bonds. The van der Waals surface area contributed by atoms with Crippen LogP contribution in [-0.2, 0) is 4.79 Å². The van der Waals surface area contributed by atoms with Gasteiger partial charge >= 0.3 is 0 Å². The van der Waals surface area contributed by atoms with Gasteiger partial charge in [-0.25, -0.2) is 0 Å². The Balaban J connectivity index is 3.46. The summed E-state index contributed by atoms with van der Waals surface area (Å²) in [6, 6.07) is 5.04. The summed E-state index contributed by atoms with van der Waals surface area (Å²) in [4.78, 5) is 10.9. The fraction of sp³-hybridized carbons (Fsp3) is 0.231. The van der Waals surface area contributed by atoms with Crippen molar-refractivity contribution >= 4 is 11.5 Å². The molecule has 0 spiro atoms. The van der Waals surface area contributed by atoms with Crippen molar-refractivity contribution in [1.82, 2.24) is 0 Å². The Bertz CT molecular complexity index is 533. The molecule has 19 heavy (non-hydrogen) atoms. The monoisotopic (exact) mass is 262 g/mol. The topological polar surface area (TPSA) is 94.6 Å². The molecule has 6 heteroatoms. The van der Waals surface area contributed by atoms with Crippen LogP contribution < -0.4 is 19.9 Å². The lowest BCUT2D eigenvalue weighted by Crippen LogP contribution is -2.07. The maximum atomic E-state index is 10.9. The zero-order chi connectivity index (χ0) is 14.4. The van der Waals surface area contributed by atoms with Crippen molar-refractivity contribution in [3.05, 3.63) is 23.8 Å². The second-order valence-corrected chi connectivity index (χ2v) is 3.49. The lowest BCUT2D eigenvalue weighted by molar-refractivity contribution is -0.113. The van der Waals surface area contributed by atoms with E-state index in [0.717, 1.165) is 6.08 Å². The molecule has 0 aromatic heterocycles. The molecule has 0 aliphatic carbocycles. The molecular weight excluding hydrogens is 248 g/mol. The largest absolute Gasteiger partial charge is 0.493 e. The third-order valence-corrected chi connectivity index (χ3v) is 2.38. The normalized spacial score (nSPS) is 10.5. The van der Waals surface area contributed by atoms with E-state index < -0.39 is 5.91 Å². The average molecular weight is 262 g/mol. The van der Waals surface area contributed by atoms with Crippen molar-refractivity contribution in [2.45, 2.75) is 0 Å². The number of rotatable bonds is 5. The lowest BCUT2D eigenvalue weighted by Gasteiger charge is -2.13. The number of hydrogen-bond acceptors (Lipinski definition) is 5. The van der Waals surface area contributed by atoms with Gasteiger partial charge in [-0.15, -0.1) is 0 Å². The standard InChI is InChI=1S/C13H14N2O4/c1-17-10-4-8(9(7-14)6-12(15)16)5-11(18-2)13(10)19-3/h4-6H,1-3H3,(H2,15,16). The second-order valence-electron chi connectivity index (χ2n) is 3.49. The number of methoxy groups -OCH3 is 3. The van der Waals surface area contributed by atoms with Gasteiger partial charge in [-0.2, -0.15) is 5.26 Å². The van der Waals surface area contributed by atoms with Crippen LogP contribution in [0.5, 0.6) is 17.2 Å². The number of amides is 1. The van der Waals surface area contributed by atoms with Gasteiger partial charge in [0.15, 0.2) is 11.5 Å². The van der Waals surface area contributed by atoms with E-state index in [1.807, 2.05) is 6.07 Å². The Hall–Kier alpha value is -2.68. The van der Waals surface area contributed by atoms with Crippen LogP contribution in [0.3, 0.4) is 0 Å². The molecule has 1 rings (SSSR count). The summed E-state index contributed by atoms with van der Waals surface area (Å²) in [7, 11) is 4.40. The number of allylic oxidation sites excluding steroid dienone is 1. The predicted molar refractivity (Wildman–Crippen MR) is 68.9 cm³/mol. The number of primary amides is 1. The Morgan fingerprint density at radius 3 is 2.05 bits per heavy atom. The summed E-state index contributed by atoms with van der Waals surface area (Å²) in [5.74, 6) is 0.486. The SMILES string of the molecule is COc1cc(C(C#N)=CC(N)=O)cc(OC)c1OC. The summed E-state index contributed by atoms with van der Waals surface area (Å²) in [5.41, 5.74) is 5.62. The van der Waals surface area contributed by atoms with Gasteiger partial charge in [-0.1, -0.05) is 0 Å². The summed E-state index contributed by atoms with van der Waals surface area (Å²) >= 11 is 0. The smallest absolute Gasteiger partial charge is 0.242 e. The molecule has 1 aromatic carbocycles. The molecule has 2 N–H and O–H groups in total.